The molecule has 3 heterocycles. The van der Waals surface area contributed by atoms with Crippen LogP contribution in [0, 0.1) is 11.8 Å². The van der Waals surface area contributed by atoms with Crippen molar-refractivity contribution < 1.29 is 19.1 Å². The highest BCUT2D eigenvalue weighted by molar-refractivity contribution is 6.13. The first-order valence-corrected chi connectivity index (χ1v) is 14.8. The van der Waals surface area contributed by atoms with Crippen LogP contribution in [0.5, 0.6) is 0 Å². The normalized spacial score (nSPS) is 28.7. The van der Waals surface area contributed by atoms with Gasteiger partial charge in [-0.05, 0) is 35.4 Å². The van der Waals surface area contributed by atoms with Crippen molar-refractivity contribution in [1.82, 2.24) is 26.2 Å². The molecule has 3 aromatic rings. The zero-order valence-corrected chi connectivity index (χ0v) is 24.0. The summed E-state index contributed by atoms with van der Waals surface area (Å²) >= 11 is 0. The van der Waals surface area contributed by atoms with Crippen LogP contribution in [0.15, 0.2) is 101 Å². The van der Waals surface area contributed by atoms with Crippen LogP contribution in [0.25, 0.3) is 0 Å². The van der Waals surface area contributed by atoms with Gasteiger partial charge in [0.25, 0.3) is 11.8 Å². The Morgan fingerprint density at radius 3 is 1.93 bits per heavy atom. The molecule has 1 aliphatic carbocycles. The topological polar surface area (TPSA) is 137 Å². The highest BCUT2D eigenvalue weighted by Crippen LogP contribution is 2.54. The number of fused-ring (bicyclic) bond motifs is 3. The summed E-state index contributed by atoms with van der Waals surface area (Å²) in [4.78, 5) is 52.4. The van der Waals surface area contributed by atoms with E-state index in [1.807, 2.05) is 91.0 Å². The molecule has 2 spiro atoms. The number of rotatable bonds is 6. The van der Waals surface area contributed by atoms with Crippen molar-refractivity contribution in [3.8, 4) is 0 Å². The molecule has 4 atom stereocenters. The Bertz CT molecular complexity index is 1630. The number of benzene rings is 3. The van der Waals surface area contributed by atoms with Gasteiger partial charge in [-0.2, -0.15) is 0 Å². The Kier molecular flexibility index (Phi) is 7.00. The van der Waals surface area contributed by atoms with Crippen LogP contribution in [-0.4, -0.2) is 52.5 Å². The molecule has 4 fully saturated rings. The molecule has 11 heteroatoms. The smallest absolute Gasteiger partial charge is 0.412 e. The lowest BCUT2D eigenvalue weighted by molar-refractivity contribution is -0.135. The molecule has 4 N–H and O–H groups in total. The largest absolute Gasteiger partial charge is 0.444 e. The lowest BCUT2D eigenvalue weighted by Gasteiger charge is -2.41. The Morgan fingerprint density at radius 2 is 1.32 bits per heavy atom. The standard InChI is InChI=1S/C33H33N7O4/c41-27-32(38-29(36-27)34-18-22-10-4-1-5-11-22)17-16-25-20-40(31(43)44-21-24-14-8-3-9-15-24)33(26(25)32)28(42)37-30(39-33)35-19-23-12-6-2-7-13-23/h1-15,25-26H,16-21H2,(H2,34,36,38,41)(H2,35,37,39,42)/t25-,26+,32-,33-/m0/s1. The van der Waals surface area contributed by atoms with Crippen molar-refractivity contribution in [3.05, 3.63) is 108 Å². The van der Waals surface area contributed by atoms with Crippen LogP contribution in [0.4, 0.5) is 4.79 Å². The molecule has 224 valence electrons. The first kappa shape index (κ1) is 27.6. The maximum Gasteiger partial charge on any atom is 0.412 e. The van der Waals surface area contributed by atoms with Gasteiger partial charge in [-0.25, -0.2) is 14.8 Å². The van der Waals surface area contributed by atoms with E-state index in [2.05, 4.69) is 31.3 Å². The van der Waals surface area contributed by atoms with E-state index in [4.69, 9.17) is 4.74 Å². The van der Waals surface area contributed by atoms with Crippen LogP contribution in [0.2, 0.25) is 0 Å². The highest BCUT2D eigenvalue weighted by Gasteiger charge is 2.74. The summed E-state index contributed by atoms with van der Waals surface area (Å²) in [7, 11) is 0. The van der Waals surface area contributed by atoms with E-state index < -0.39 is 29.1 Å². The van der Waals surface area contributed by atoms with Crippen LogP contribution < -0.4 is 21.3 Å². The maximum absolute atomic E-state index is 14.1. The van der Waals surface area contributed by atoms with E-state index >= 15 is 0 Å². The number of aliphatic imine (C=N–C) groups is 2. The fourth-order valence-corrected chi connectivity index (χ4v) is 7.05. The summed E-state index contributed by atoms with van der Waals surface area (Å²) in [6, 6.07) is 28.8. The van der Waals surface area contributed by atoms with E-state index in [0.29, 0.717) is 31.9 Å². The molecule has 3 aliphatic heterocycles. The van der Waals surface area contributed by atoms with Crippen molar-refractivity contribution in [2.75, 3.05) is 6.54 Å². The molecule has 4 aliphatic rings. The third-order valence-corrected chi connectivity index (χ3v) is 9.02. The Labute approximate surface area is 254 Å². The molecule has 3 saturated heterocycles. The van der Waals surface area contributed by atoms with Crippen LogP contribution >= 0.6 is 0 Å². The fraction of sp³-hybridized carbons (Fsp3) is 0.303. The average molecular weight is 592 g/mol. The minimum absolute atomic E-state index is 0.0539. The zero-order chi connectivity index (χ0) is 30.1. The second kappa shape index (κ2) is 11.1. The summed E-state index contributed by atoms with van der Waals surface area (Å²) in [5.74, 6) is -0.875. The molecule has 0 bridgehead atoms. The van der Waals surface area contributed by atoms with E-state index in [1.54, 1.807) is 0 Å². The molecule has 1 saturated carbocycles. The van der Waals surface area contributed by atoms with Gasteiger partial charge in [-0.3, -0.25) is 25.1 Å². The number of nitrogens with one attached hydrogen (secondary N) is 4. The predicted octanol–water partition coefficient (Wildman–Crippen LogP) is 2.65. The third-order valence-electron chi connectivity index (χ3n) is 9.02. The van der Waals surface area contributed by atoms with Crippen LogP contribution in [0.1, 0.15) is 29.5 Å². The van der Waals surface area contributed by atoms with Crippen molar-refractivity contribution >= 4 is 29.8 Å². The maximum atomic E-state index is 14.1. The van der Waals surface area contributed by atoms with Gasteiger partial charge in [0.1, 0.15) is 12.1 Å². The molecule has 11 nitrogen and oxygen atoms in total. The number of amides is 3. The van der Waals surface area contributed by atoms with E-state index in [0.717, 1.165) is 16.7 Å². The van der Waals surface area contributed by atoms with Crippen molar-refractivity contribution in [3.63, 3.8) is 0 Å². The summed E-state index contributed by atoms with van der Waals surface area (Å²) in [6.45, 7) is 1.01. The van der Waals surface area contributed by atoms with Gasteiger partial charge in [0.2, 0.25) is 11.6 Å². The molecular formula is C33H33N7O4. The second-order valence-electron chi connectivity index (χ2n) is 11.6. The quantitative estimate of drug-likeness (QED) is 0.348. The van der Waals surface area contributed by atoms with Crippen molar-refractivity contribution in [2.45, 2.75) is 43.7 Å². The summed E-state index contributed by atoms with van der Waals surface area (Å²) in [5.41, 5.74) is 0.0455. The molecule has 0 aromatic heterocycles. The number of carbonyl (C=O) groups is 3. The monoisotopic (exact) mass is 591 g/mol. The lowest BCUT2D eigenvalue weighted by atomic mass is 9.76. The average Bonchev–Trinajstić information content (AvgIpc) is 3.78. The summed E-state index contributed by atoms with van der Waals surface area (Å²) < 4.78 is 5.75. The lowest BCUT2D eigenvalue weighted by Crippen LogP contribution is -2.69. The predicted molar refractivity (Wildman–Crippen MR) is 163 cm³/mol. The summed E-state index contributed by atoms with van der Waals surface area (Å²) in [6.07, 6.45) is 0.479. The van der Waals surface area contributed by atoms with E-state index in [1.165, 1.54) is 4.90 Å². The number of guanidine groups is 2. The van der Waals surface area contributed by atoms with Gasteiger partial charge in [0.15, 0.2) is 5.96 Å². The molecule has 44 heavy (non-hydrogen) atoms. The van der Waals surface area contributed by atoms with E-state index in [-0.39, 0.29) is 30.9 Å². The van der Waals surface area contributed by atoms with Gasteiger partial charge in [0.05, 0.1) is 13.1 Å². The number of carbonyl (C=O) groups excluding carboxylic acids is 3. The van der Waals surface area contributed by atoms with Crippen LogP contribution in [0.3, 0.4) is 0 Å². The molecule has 7 rings (SSSR count). The number of hydrogen-bond donors (Lipinski definition) is 4. The molecule has 3 aromatic carbocycles. The minimum atomic E-state index is -1.59. The summed E-state index contributed by atoms with van der Waals surface area (Å²) in [5, 5.41) is 12.4. The Morgan fingerprint density at radius 1 is 0.773 bits per heavy atom. The zero-order valence-electron chi connectivity index (χ0n) is 24.0. The van der Waals surface area contributed by atoms with Gasteiger partial charge in [-0.1, -0.05) is 91.0 Å². The Hall–Kier alpha value is -5.19. The van der Waals surface area contributed by atoms with Crippen molar-refractivity contribution in [2.24, 2.45) is 21.8 Å². The number of likely N-dealkylation sites (tertiary alicyclic amines) is 1. The number of ether oxygens (including phenoxy) is 1. The van der Waals surface area contributed by atoms with E-state index in [9.17, 15) is 14.4 Å². The number of nitrogens with zero attached hydrogens (tertiary/aromatic N) is 3. The molecule has 0 radical (unpaired) electrons. The van der Waals surface area contributed by atoms with Gasteiger partial charge >= 0.3 is 6.09 Å². The molecule has 0 unspecified atom stereocenters. The fourth-order valence-electron chi connectivity index (χ4n) is 7.05. The molecular weight excluding hydrogens is 558 g/mol. The second-order valence-corrected chi connectivity index (χ2v) is 11.6. The SMILES string of the molecule is O=C(OCc1ccccc1)N1C[C@@H]2CC[C@]3(NC(=NCc4ccccc4)NC3=O)[C@@H]2[C@]12NC(=NCc1ccccc1)NC2=O. The highest BCUT2D eigenvalue weighted by atomic mass is 16.6. The first-order chi connectivity index (χ1) is 21.5. The third kappa shape index (κ3) is 4.74. The molecule has 3 amide bonds. The van der Waals surface area contributed by atoms with Crippen LogP contribution in [-0.2, 0) is 34.0 Å². The van der Waals surface area contributed by atoms with Gasteiger partial charge in [-0.15, -0.1) is 0 Å². The van der Waals surface area contributed by atoms with Gasteiger partial charge < -0.3 is 15.4 Å². The van der Waals surface area contributed by atoms with Gasteiger partial charge in [0, 0.05) is 12.5 Å². The van der Waals surface area contributed by atoms with Crippen molar-refractivity contribution in [1.29, 1.82) is 0 Å². The first-order valence-electron chi connectivity index (χ1n) is 14.8. The Balaban J connectivity index is 1.20. The minimum Gasteiger partial charge on any atom is -0.444 e. The number of hydrogen-bond acceptors (Lipinski definition) is 6.